The van der Waals surface area contributed by atoms with Crippen molar-refractivity contribution in [2.45, 2.75) is 13.8 Å². The van der Waals surface area contributed by atoms with Crippen molar-refractivity contribution in [3.63, 3.8) is 0 Å². The Labute approximate surface area is 103 Å². The predicted octanol–water partition coefficient (Wildman–Crippen LogP) is 4.17. The lowest BCUT2D eigenvalue weighted by atomic mass is 9.99. The topological polar surface area (TPSA) is 0 Å². The fourth-order valence-corrected chi connectivity index (χ4v) is 2.90. The second-order valence-corrected chi connectivity index (χ2v) is 5.34. The van der Waals surface area contributed by atoms with Crippen molar-refractivity contribution in [1.82, 2.24) is 4.48 Å². The molecule has 2 aromatic rings. The second kappa shape index (κ2) is 3.21. The van der Waals surface area contributed by atoms with E-state index in [4.69, 9.17) is 0 Å². The highest BCUT2D eigenvalue weighted by Crippen LogP contribution is 2.45. The third-order valence-corrected chi connectivity index (χ3v) is 4.27. The molecule has 0 N–H and O–H groups in total. The molecule has 0 fully saturated rings. The number of hydrogen-bond donors (Lipinski definition) is 0. The largest absolute Gasteiger partial charge is 0.267 e. The van der Waals surface area contributed by atoms with Gasteiger partial charge in [-0.15, -0.1) is 0 Å². The van der Waals surface area contributed by atoms with Gasteiger partial charge in [-0.3, -0.25) is 4.48 Å². The van der Waals surface area contributed by atoms with E-state index >= 15 is 0 Å². The first-order valence-corrected chi connectivity index (χ1v) is 6.08. The molecule has 3 rings (SSSR count). The van der Waals surface area contributed by atoms with Crippen LogP contribution in [0, 0.1) is 0 Å². The Morgan fingerprint density at radius 1 is 0.882 bits per heavy atom. The third-order valence-electron chi connectivity index (χ3n) is 4.27. The molecule has 0 radical (unpaired) electrons. The van der Waals surface area contributed by atoms with Gasteiger partial charge in [0.1, 0.15) is 11.4 Å². The number of allylic oxidation sites excluding steroid dienone is 2. The van der Waals surface area contributed by atoms with E-state index in [0.29, 0.717) is 0 Å². The minimum Gasteiger partial charge on any atom is -0.267 e. The average molecular weight is 224 g/mol. The van der Waals surface area contributed by atoms with Crippen LogP contribution in [0.15, 0.2) is 42.1 Å². The first-order chi connectivity index (χ1) is 8.03. The van der Waals surface area contributed by atoms with Gasteiger partial charge in [-0.1, -0.05) is 24.3 Å². The maximum Gasteiger partial charge on any atom is 0.145 e. The van der Waals surface area contributed by atoms with Crippen molar-refractivity contribution in [1.29, 1.82) is 0 Å². The lowest BCUT2D eigenvalue weighted by Gasteiger charge is -2.26. The monoisotopic (exact) mass is 224 g/mol. The Morgan fingerprint density at radius 3 is 2.35 bits per heavy atom. The molecule has 0 bridgehead atoms. The van der Waals surface area contributed by atoms with Gasteiger partial charge < -0.3 is 0 Å². The molecule has 0 aliphatic carbocycles. The van der Waals surface area contributed by atoms with Gasteiger partial charge >= 0.3 is 0 Å². The van der Waals surface area contributed by atoms with Crippen molar-refractivity contribution < 1.29 is 0 Å². The highest BCUT2D eigenvalue weighted by atomic mass is 15.3. The van der Waals surface area contributed by atoms with Crippen LogP contribution >= 0.6 is 0 Å². The molecular formula is C16H18N+. The first kappa shape index (κ1) is 10.5. The molecule has 0 saturated heterocycles. The van der Waals surface area contributed by atoms with E-state index in [2.05, 4.69) is 64.3 Å². The van der Waals surface area contributed by atoms with E-state index in [1.165, 1.54) is 33.3 Å². The molecule has 1 heteroatoms. The van der Waals surface area contributed by atoms with Crippen LogP contribution in [0.2, 0.25) is 0 Å². The Hall–Kier alpha value is -1.60. The third kappa shape index (κ3) is 1.23. The van der Waals surface area contributed by atoms with Crippen LogP contribution in [0.3, 0.4) is 0 Å². The molecule has 0 aromatic heterocycles. The molecule has 1 nitrogen and oxygen atoms in total. The number of benzene rings is 2. The molecule has 1 heterocycles. The Morgan fingerprint density at radius 2 is 1.59 bits per heavy atom. The summed E-state index contributed by atoms with van der Waals surface area (Å²) in [6.45, 7) is 4.48. The summed E-state index contributed by atoms with van der Waals surface area (Å²) in [4.78, 5) is 0. The van der Waals surface area contributed by atoms with E-state index in [-0.39, 0.29) is 0 Å². The molecule has 17 heavy (non-hydrogen) atoms. The molecule has 1 aliphatic rings. The summed E-state index contributed by atoms with van der Waals surface area (Å²) < 4.78 is 0.881. The molecule has 0 atom stereocenters. The zero-order chi connectivity index (χ0) is 12.2. The Balaban J connectivity index is 2.48. The second-order valence-electron chi connectivity index (χ2n) is 5.34. The summed E-state index contributed by atoms with van der Waals surface area (Å²) in [5.74, 6) is 0. The smallest absolute Gasteiger partial charge is 0.145 e. The van der Waals surface area contributed by atoms with E-state index in [9.17, 15) is 0 Å². The van der Waals surface area contributed by atoms with E-state index in [1.807, 2.05) is 0 Å². The first-order valence-electron chi connectivity index (χ1n) is 6.08. The van der Waals surface area contributed by atoms with Crippen LogP contribution in [0.25, 0.3) is 16.3 Å². The fraction of sp³-hybridized carbons (Fsp3) is 0.250. The lowest BCUT2D eigenvalue weighted by molar-refractivity contribution is 0.507. The highest BCUT2D eigenvalue weighted by Gasteiger charge is 2.35. The van der Waals surface area contributed by atoms with Crippen molar-refractivity contribution in [3.05, 3.63) is 47.7 Å². The zero-order valence-electron chi connectivity index (χ0n) is 10.9. The van der Waals surface area contributed by atoms with Gasteiger partial charge in [-0.25, -0.2) is 0 Å². The molecule has 0 spiro atoms. The molecule has 86 valence electrons. The van der Waals surface area contributed by atoms with E-state index in [0.717, 1.165) is 4.48 Å². The minimum atomic E-state index is 0.881. The van der Waals surface area contributed by atoms with Gasteiger partial charge in [-0.2, -0.15) is 0 Å². The van der Waals surface area contributed by atoms with Crippen LogP contribution < -0.4 is 4.48 Å². The van der Waals surface area contributed by atoms with Gasteiger partial charge in [-0.05, 0) is 23.8 Å². The van der Waals surface area contributed by atoms with Gasteiger partial charge in [0.15, 0.2) is 0 Å². The van der Waals surface area contributed by atoms with Crippen molar-refractivity contribution in [2.24, 2.45) is 0 Å². The normalized spacial score (nSPS) is 17.6. The summed E-state index contributed by atoms with van der Waals surface area (Å²) in [5.41, 5.74) is 5.72. The van der Waals surface area contributed by atoms with Crippen molar-refractivity contribution in [2.75, 3.05) is 14.1 Å². The summed E-state index contributed by atoms with van der Waals surface area (Å²) in [6, 6.07) is 13.2. The summed E-state index contributed by atoms with van der Waals surface area (Å²) in [5, 5.41) is 2.71. The molecule has 0 saturated carbocycles. The Kier molecular flexibility index (Phi) is 1.99. The minimum absolute atomic E-state index is 0.881. The van der Waals surface area contributed by atoms with E-state index < -0.39 is 0 Å². The maximum absolute atomic E-state index is 2.28. The lowest BCUT2D eigenvalue weighted by Crippen LogP contribution is -2.35. The van der Waals surface area contributed by atoms with Crippen molar-refractivity contribution in [3.8, 4) is 0 Å². The highest BCUT2D eigenvalue weighted by molar-refractivity contribution is 6.01. The summed E-state index contributed by atoms with van der Waals surface area (Å²) in [7, 11) is 4.53. The van der Waals surface area contributed by atoms with Gasteiger partial charge in [0.25, 0.3) is 0 Å². The van der Waals surface area contributed by atoms with Crippen LogP contribution in [-0.2, 0) is 0 Å². The standard InChI is InChI=1S/C16H18N/c1-11-12(2)17(3,4)15-10-9-13-7-5-6-8-14(13)16(11)15/h5-10H,1-4H3/q+1. The molecular weight excluding hydrogens is 206 g/mol. The average Bonchev–Trinajstić information content (AvgIpc) is 2.51. The Bertz CT molecular complexity index is 648. The number of hydrogen-bond acceptors (Lipinski definition) is 0. The molecule has 2 aromatic carbocycles. The van der Waals surface area contributed by atoms with Crippen LogP contribution in [0.1, 0.15) is 19.4 Å². The van der Waals surface area contributed by atoms with Crippen LogP contribution in [0.5, 0.6) is 0 Å². The summed E-state index contributed by atoms with van der Waals surface area (Å²) >= 11 is 0. The quantitative estimate of drug-likeness (QED) is 0.589. The molecule has 0 amide bonds. The van der Waals surface area contributed by atoms with Crippen LogP contribution in [-0.4, -0.2) is 14.1 Å². The van der Waals surface area contributed by atoms with Crippen molar-refractivity contribution >= 4 is 22.0 Å². The number of quaternary nitrogens is 1. The van der Waals surface area contributed by atoms with Gasteiger partial charge in [0, 0.05) is 18.6 Å². The molecule has 0 unspecified atom stereocenters. The number of nitrogens with zero attached hydrogens (tertiary/aromatic N) is 1. The fourth-order valence-electron chi connectivity index (χ4n) is 2.90. The van der Waals surface area contributed by atoms with Gasteiger partial charge in [0.2, 0.25) is 0 Å². The SMILES string of the molecule is CC1=C(C)[N+](C)(C)c2ccc3ccccc3c21. The van der Waals surface area contributed by atoms with Crippen LogP contribution in [0.4, 0.5) is 5.69 Å². The van der Waals surface area contributed by atoms with Gasteiger partial charge in [0.05, 0.1) is 19.7 Å². The van der Waals surface area contributed by atoms with E-state index in [1.54, 1.807) is 0 Å². The predicted molar refractivity (Wildman–Crippen MR) is 75.9 cm³/mol. The maximum atomic E-state index is 2.28. The number of fused-ring (bicyclic) bond motifs is 3. The zero-order valence-corrected chi connectivity index (χ0v) is 10.9. The molecule has 1 aliphatic heterocycles. The number of rotatable bonds is 0. The summed E-state index contributed by atoms with van der Waals surface area (Å²) in [6.07, 6.45) is 0.